The minimum Gasteiger partial charge on any atom is -0.358 e. The Morgan fingerprint density at radius 3 is 2.24 bits per heavy atom. The number of aromatic nitrogens is 1. The van der Waals surface area contributed by atoms with Gasteiger partial charge >= 0.3 is 0 Å². The highest BCUT2D eigenvalue weighted by Gasteiger charge is 2.01. The van der Waals surface area contributed by atoms with Crippen LogP contribution in [0.15, 0.2) is 91.0 Å². The molecule has 3 aromatic carbocycles. The molecule has 122 valence electrons. The molecular weight excluding hydrogens is 302 g/mol. The van der Waals surface area contributed by atoms with Gasteiger partial charge in [-0.05, 0) is 46.7 Å². The smallest absolute Gasteiger partial charge is 0.0456 e. The van der Waals surface area contributed by atoms with E-state index in [0.717, 1.165) is 6.42 Å². The molecular formula is C24H21N. The van der Waals surface area contributed by atoms with Crippen LogP contribution in [0, 0.1) is 0 Å². The number of fused-ring (bicyclic) bond motifs is 1. The molecule has 0 bridgehead atoms. The van der Waals surface area contributed by atoms with Gasteiger partial charge in [-0.2, -0.15) is 0 Å². The molecule has 0 amide bonds. The lowest BCUT2D eigenvalue weighted by Gasteiger charge is -2.05. The normalized spacial score (nSPS) is 11.8. The molecule has 1 heteroatoms. The maximum Gasteiger partial charge on any atom is 0.0456 e. The average molecular weight is 323 g/mol. The summed E-state index contributed by atoms with van der Waals surface area (Å²) in [4.78, 5) is 3.49. The molecule has 0 spiro atoms. The van der Waals surface area contributed by atoms with Crippen molar-refractivity contribution in [2.24, 2.45) is 0 Å². The first-order valence-electron chi connectivity index (χ1n) is 8.69. The van der Waals surface area contributed by atoms with Crippen molar-refractivity contribution >= 4 is 16.5 Å². The Kier molecular flexibility index (Phi) is 4.22. The molecule has 0 saturated heterocycles. The second kappa shape index (κ2) is 6.82. The lowest BCUT2D eigenvalue weighted by Crippen LogP contribution is -1.85. The molecule has 0 aliphatic heterocycles. The zero-order valence-corrected chi connectivity index (χ0v) is 14.4. The van der Waals surface area contributed by atoms with Crippen molar-refractivity contribution in [3.63, 3.8) is 0 Å². The predicted octanol–water partition coefficient (Wildman–Crippen LogP) is 6.48. The first kappa shape index (κ1) is 15.5. The predicted molar refractivity (Wildman–Crippen MR) is 108 cm³/mol. The maximum atomic E-state index is 3.49. The van der Waals surface area contributed by atoms with Crippen LogP contribution in [0.3, 0.4) is 0 Å². The van der Waals surface area contributed by atoms with Crippen LogP contribution < -0.4 is 0 Å². The van der Waals surface area contributed by atoms with E-state index in [9.17, 15) is 0 Å². The highest BCUT2D eigenvalue weighted by molar-refractivity contribution is 5.80. The van der Waals surface area contributed by atoms with Crippen molar-refractivity contribution in [3.05, 3.63) is 102 Å². The SMILES string of the molecule is CC(=CCc1cc2ccccc2[nH]1)c1ccc(-c2ccccc2)cc1. The van der Waals surface area contributed by atoms with Gasteiger partial charge in [-0.3, -0.25) is 0 Å². The van der Waals surface area contributed by atoms with Gasteiger partial charge in [-0.25, -0.2) is 0 Å². The standard InChI is InChI=1S/C24H21N/c1-18(11-16-23-17-22-9-5-6-10-24(22)25-23)19-12-14-21(15-13-19)20-7-3-2-4-8-20/h2-15,17,25H,16H2,1H3. The van der Waals surface area contributed by atoms with Crippen LogP contribution in [-0.4, -0.2) is 4.98 Å². The number of hydrogen-bond donors (Lipinski definition) is 1. The van der Waals surface area contributed by atoms with Crippen molar-refractivity contribution in [2.75, 3.05) is 0 Å². The van der Waals surface area contributed by atoms with Gasteiger partial charge in [0.1, 0.15) is 0 Å². The molecule has 0 radical (unpaired) electrons. The molecule has 1 heterocycles. The summed E-state index contributed by atoms with van der Waals surface area (Å²) in [6.45, 7) is 2.18. The van der Waals surface area contributed by atoms with Gasteiger partial charge in [0, 0.05) is 17.6 Å². The van der Waals surface area contributed by atoms with Crippen molar-refractivity contribution in [3.8, 4) is 11.1 Å². The summed E-state index contributed by atoms with van der Waals surface area (Å²) in [5.74, 6) is 0. The lowest BCUT2D eigenvalue weighted by atomic mass is 10.0. The minimum atomic E-state index is 0.918. The number of benzene rings is 3. The van der Waals surface area contributed by atoms with Gasteiger partial charge in [-0.15, -0.1) is 0 Å². The van der Waals surface area contributed by atoms with E-state index in [4.69, 9.17) is 0 Å². The topological polar surface area (TPSA) is 15.8 Å². The highest BCUT2D eigenvalue weighted by Crippen LogP contribution is 2.23. The monoisotopic (exact) mass is 323 g/mol. The number of aromatic amines is 1. The first-order valence-corrected chi connectivity index (χ1v) is 8.69. The fourth-order valence-corrected chi connectivity index (χ4v) is 3.18. The summed E-state index contributed by atoms with van der Waals surface area (Å²) in [6.07, 6.45) is 3.21. The van der Waals surface area contributed by atoms with Crippen molar-refractivity contribution < 1.29 is 0 Å². The van der Waals surface area contributed by atoms with Gasteiger partial charge < -0.3 is 4.98 Å². The van der Waals surface area contributed by atoms with Gasteiger partial charge in [0.15, 0.2) is 0 Å². The van der Waals surface area contributed by atoms with Crippen LogP contribution in [0.4, 0.5) is 0 Å². The van der Waals surface area contributed by atoms with Crippen LogP contribution in [-0.2, 0) is 6.42 Å². The average Bonchev–Trinajstić information content (AvgIpc) is 3.10. The van der Waals surface area contributed by atoms with Crippen LogP contribution in [0.5, 0.6) is 0 Å². The third kappa shape index (κ3) is 3.41. The maximum absolute atomic E-state index is 3.49. The van der Waals surface area contributed by atoms with E-state index in [1.165, 1.54) is 38.9 Å². The molecule has 4 rings (SSSR count). The van der Waals surface area contributed by atoms with E-state index in [2.05, 4.69) is 103 Å². The summed E-state index contributed by atoms with van der Waals surface area (Å²) in [5.41, 5.74) is 7.55. The zero-order chi connectivity index (χ0) is 17.1. The lowest BCUT2D eigenvalue weighted by molar-refractivity contribution is 1.17. The van der Waals surface area contributed by atoms with Gasteiger partial charge in [0.25, 0.3) is 0 Å². The summed E-state index contributed by atoms with van der Waals surface area (Å²) < 4.78 is 0. The van der Waals surface area contributed by atoms with Gasteiger partial charge in [-0.1, -0.05) is 78.9 Å². The number of allylic oxidation sites excluding steroid dienone is 2. The van der Waals surface area contributed by atoms with Crippen LogP contribution in [0.2, 0.25) is 0 Å². The van der Waals surface area contributed by atoms with E-state index in [0.29, 0.717) is 0 Å². The number of H-pyrrole nitrogens is 1. The fourth-order valence-electron chi connectivity index (χ4n) is 3.18. The Bertz CT molecular complexity index is 972. The minimum absolute atomic E-state index is 0.918. The fraction of sp³-hybridized carbons (Fsp3) is 0.0833. The Morgan fingerprint density at radius 2 is 1.48 bits per heavy atom. The molecule has 1 nitrogen and oxygen atoms in total. The second-order valence-electron chi connectivity index (χ2n) is 6.42. The molecule has 0 aliphatic rings. The third-order valence-electron chi connectivity index (χ3n) is 4.66. The molecule has 0 saturated carbocycles. The summed E-state index contributed by atoms with van der Waals surface area (Å²) in [7, 11) is 0. The van der Waals surface area contributed by atoms with Crippen LogP contribution in [0.25, 0.3) is 27.6 Å². The van der Waals surface area contributed by atoms with E-state index in [1.54, 1.807) is 0 Å². The Balaban J connectivity index is 1.51. The van der Waals surface area contributed by atoms with Crippen LogP contribution >= 0.6 is 0 Å². The van der Waals surface area contributed by atoms with E-state index in [1.807, 2.05) is 0 Å². The number of hydrogen-bond acceptors (Lipinski definition) is 0. The molecule has 25 heavy (non-hydrogen) atoms. The van der Waals surface area contributed by atoms with Crippen molar-refractivity contribution in [1.82, 2.24) is 4.98 Å². The largest absolute Gasteiger partial charge is 0.358 e. The van der Waals surface area contributed by atoms with Crippen molar-refractivity contribution in [1.29, 1.82) is 0 Å². The van der Waals surface area contributed by atoms with Crippen LogP contribution in [0.1, 0.15) is 18.2 Å². The number of para-hydroxylation sites is 1. The number of nitrogens with one attached hydrogen (secondary N) is 1. The molecule has 0 fully saturated rings. The summed E-state index contributed by atoms with van der Waals surface area (Å²) >= 11 is 0. The van der Waals surface area contributed by atoms with E-state index < -0.39 is 0 Å². The Hall–Kier alpha value is -3.06. The zero-order valence-electron chi connectivity index (χ0n) is 14.4. The second-order valence-corrected chi connectivity index (χ2v) is 6.42. The third-order valence-corrected chi connectivity index (χ3v) is 4.66. The molecule has 1 N–H and O–H groups in total. The molecule has 0 unspecified atom stereocenters. The Morgan fingerprint density at radius 1 is 0.800 bits per heavy atom. The highest BCUT2D eigenvalue weighted by atomic mass is 14.7. The molecule has 1 aromatic heterocycles. The summed E-state index contributed by atoms with van der Waals surface area (Å²) in [6, 6.07) is 30.0. The number of rotatable bonds is 4. The molecule has 0 atom stereocenters. The molecule has 4 aromatic rings. The quantitative estimate of drug-likeness (QED) is 0.442. The van der Waals surface area contributed by atoms with E-state index in [-0.39, 0.29) is 0 Å². The Labute approximate surface area is 148 Å². The molecule has 0 aliphatic carbocycles. The van der Waals surface area contributed by atoms with Gasteiger partial charge in [0.2, 0.25) is 0 Å². The van der Waals surface area contributed by atoms with Crippen molar-refractivity contribution in [2.45, 2.75) is 13.3 Å². The van der Waals surface area contributed by atoms with Gasteiger partial charge in [0.05, 0.1) is 0 Å². The first-order chi connectivity index (χ1) is 12.3. The van der Waals surface area contributed by atoms with E-state index >= 15 is 0 Å². The summed E-state index contributed by atoms with van der Waals surface area (Å²) in [5, 5.41) is 1.27.